The smallest absolute Gasteiger partial charge is 0.261 e. The number of H-pyrrole nitrogens is 1. The fourth-order valence-electron chi connectivity index (χ4n) is 5.00. The predicted octanol–water partition coefficient (Wildman–Crippen LogP) is 3.88. The molecule has 3 amide bonds. The van der Waals surface area contributed by atoms with Crippen LogP contribution in [0.4, 0.5) is 0 Å². The van der Waals surface area contributed by atoms with Gasteiger partial charge >= 0.3 is 0 Å². The number of benzene rings is 2. The number of likely N-dealkylation sites (tertiary alicyclic amines) is 1. The van der Waals surface area contributed by atoms with Gasteiger partial charge in [-0.3, -0.25) is 19.3 Å². The largest absolute Gasteiger partial charge is 0.497 e. The van der Waals surface area contributed by atoms with Crippen molar-refractivity contribution in [2.75, 3.05) is 26.7 Å². The van der Waals surface area contributed by atoms with Crippen LogP contribution in [0.1, 0.15) is 57.0 Å². The first kappa shape index (κ1) is 21.2. The highest BCUT2D eigenvalue weighted by Gasteiger charge is 2.36. The number of aryl methyl sites for hydroxylation is 1. The van der Waals surface area contributed by atoms with Crippen molar-refractivity contribution in [3.63, 3.8) is 0 Å². The normalized spacial score (nSPS) is 16.5. The standard InChI is InChI=1S/C26H27N3O4/c1-16-3-5-19-21(13-16)26(32)29(25(19)31)12-9-24(30)28-10-7-17(8-11-28)22-15-27-23-6-4-18(33-2)14-20(22)23/h3-6,13-15,17,27H,7-12H2,1-2H3. The summed E-state index contributed by atoms with van der Waals surface area (Å²) in [4.78, 5) is 44.5. The first-order valence-electron chi connectivity index (χ1n) is 11.4. The average Bonchev–Trinajstić information content (AvgIpc) is 3.36. The van der Waals surface area contributed by atoms with Crippen molar-refractivity contribution in [3.8, 4) is 5.75 Å². The Morgan fingerprint density at radius 1 is 1.06 bits per heavy atom. The summed E-state index contributed by atoms with van der Waals surface area (Å²) in [5.41, 5.74) is 4.14. The highest BCUT2D eigenvalue weighted by Crippen LogP contribution is 2.35. The van der Waals surface area contributed by atoms with Crippen LogP contribution in [0.25, 0.3) is 10.9 Å². The molecule has 3 aromatic rings. The van der Waals surface area contributed by atoms with Crippen LogP contribution in [0.15, 0.2) is 42.6 Å². The van der Waals surface area contributed by atoms with Crippen LogP contribution in [0, 0.1) is 6.92 Å². The molecule has 2 aliphatic rings. The highest BCUT2D eigenvalue weighted by molar-refractivity contribution is 6.21. The van der Waals surface area contributed by atoms with E-state index in [9.17, 15) is 14.4 Å². The third-order valence-electron chi connectivity index (χ3n) is 6.88. The Balaban J connectivity index is 1.19. The van der Waals surface area contributed by atoms with E-state index in [1.807, 2.05) is 30.0 Å². The molecule has 5 rings (SSSR count). The van der Waals surface area contributed by atoms with Crippen LogP contribution in [0.2, 0.25) is 0 Å². The van der Waals surface area contributed by atoms with Gasteiger partial charge < -0.3 is 14.6 Å². The summed E-state index contributed by atoms with van der Waals surface area (Å²) >= 11 is 0. The van der Waals surface area contributed by atoms with Crippen LogP contribution in [-0.4, -0.2) is 59.2 Å². The fraction of sp³-hybridized carbons (Fsp3) is 0.346. The molecule has 0 radical (unpaired) electrons. The molecule has 0 unspecified atom stereocenters. The van der Waals surface area contributed by atoms with E-state index in [1.165, 1.54) is 15.8 Å². The Labute approximate surface area is 192 Å². The first-order chi connectivity index (χ1) is 16.0. The molecule has 3 heterocycles. The topological polar surface area (TPSA) is 82.7 Å². The monoisotopic (exact) mass is 445 g/mol. The third-order valence-corrected chi connectivity index (χ3v) is 6.88. The van der Waals surface area contributed by atoms with Crippen molar-refractivity contribution in [1.82, 2.24) is 14.8 Å². The van der Waals surface area contributed by atoms with E-state index in [-0.39, 0.29) is 30.7 Å². The highest BCUT2D eigenvalue weighted by atomic mass is 16.5. The minimum Gasteiger partial charge on any atom is -0.497 e. The van der Waals surface area contributed by atoms with E-state index in [0.29, 0.717) is 30.1 Å². The first-order valence-corrected chi connectivity index (χ1v) is 11.4. The lowest BCUT2D eigenvalue weighted by Gasteiger charge is -2.32. The molecule has 0 saturated carbocycles. The van der Waals surface area contributed by atoms with Gasteiger partial charge in [-0.25, -0.2) is 0 Å². The second kappa shape index (κ2) is 8.39. The molecule has 170 valence electrons. The van der Waals surface area contributed by atoms with Crippen molar-refractivity contribution in [2.45, 2.75) is 32.1 Å². The van der Waals surface area contributed by atoms with Crippen LogP contribution in [0.5, 0.6) is 5.75 Å². The molecular weight excluding hydrogens is 418 g/mol. The number of methoxy groups -OCH3 is 1. The lowest BCUT2D eigenvalue weighted by Crippen LogP contribution is -2.40. The third kappa shape index (κ3) is 3.77. The molecule has 2 aromatic carbocycles. The Kier molecular flexibility index (Phi) is 5.40. The zero-order chi connectivity index (χ0) is 23.1. The molecule has 2 aliphatic heterocycles. The van der Waals surface area contributed by atoms with E-state index >= 15 is 0 Å². The van der Waals surface area contributed by atoms with Gasteiger partial charge in [0.2, 0.25) is 5.91 Å². The number of aromatic amines is 1. The van der Waals surface area contributed by atoms with Crippen molar-refractivity contribution in [1.29, 1.82) is 0 Å². The number of rotatable bonds is 5. The van der Waals surface area contributed by atoms with Crippen LogP contribution in [0.3, 0.4) is 0 Å². The van der Waals surface area contributed by atoms with Crippen molar-refractivity contribution >= 4 is 28.6 Å². The SMILES string of the molecule is COc1ccc2[nH]cc(C3CCN(C(=O)CCN4C(=O)c5ccc(C)cc5C4=O)CC3)c2c1. The molecule has 0 bridgehead atoms. The van der Waals surface area contributed by atoms with Gasteiger partial charge in [-0.1, -0.05) is 11.6 Å². The van der Waals surface area contributed by atoms with E-state index in [4.69, 9.17) is 4.74 Å². The molecule has 0 atom stereocenters. The Hall–Kier alpha value is -3.61. The summed E-state index contributed by atoms with van der Waals surface area (Å²) in [5, 5.41) is 1.17. The number of fused-ring (bicyclic) bond motifs is 2. The molecule has 1 N–H and O–H groups in total. The molecule has 0 aliphatic carbocycles. The van der Waals surface area contributed by atoms with Gasteiger partial charge in [-0.15, -0.1) is 0 Å². The van der Waals surface area contributed by atoms with Crippen molar-refractivity contribution in [3.05, 3.63) is 64.8 Å². The number of aromatic nitrogens is 1. The summed E-state index contributed by atoms with van der Waals surface area (Å²) in [5.74, 6) is 0.576. The number of imide groups is 1. The van der Waals surface area contributed by atoms with Gasteiger partial charge in [0.25, 0.3) is 11.8 Å². The molecule has 7 heteroatoms. The van der Waals surface area contributed by atoms with Crippen LogP contribution in [-0.2, 0) is 4.79 Å². The molecule has 1 fully saturated rings. The molecule has 0 spiro atoms. The molecular formula is C26H27N3O4. The fourth-order valence-corrected chi connectivity index (χ4v) is 5.00. The number of amides is 3. The summed E-state index contributed by atoms with van der Waals surface area (Å²) in [6.45, 7) is 3.34. The Morgan fingerprint density at radius 3 is 2.58 bits per heavy atom. The maximum absolute atomic E-state index is 12.8. The lowest BCUT2D eigenvalue weighted by molar-refractivity contribution is -0.132. The van der Waals surface area contributed by atoms with E-state index in [2.05, 4.69) is 17.2 Å². The number of ether oxygens (including phenoxy) is 1. The number of nitrogens with zero attached hydrogens (tertiary/aromatic N) is 2. The summed E-state index contributed by atoms with van der Waals surface area (Å²) in [6.07, 6.45) is 3.97. The van der Waals surface area contributed by atoms with E-state index in [0.717, 1.165) is 29.7 Å². The quantitative estimate of drug-likeness (QED) is 0.605. The maximum atomic E-state index is 12.8. The second-order valence-corrected chi connectivity index (χ2v) is 8.87. The summed E-state index contributed by atoms with van der Waals surface area (Å²) in [6, 6.07) is 11.3. The number of carbonyl (C=O) groups is 3. The van der Waals surface area contributed by atoms with Crippen molar-refractivity contribution < 1.29 is 19.1 Å². The molecule has 1 aromatic heterocycles. The summed E-state index contributed by atoms with van der Waals surface area (Å²) < 4.78 is 5.37. The Bertz CT molecular complexity index is 1250. The zero-order valence-corrected chi connectivity index (χ0v) is 18.9. The van der Waals surface area contributed by atoms with E-state index < -0.39 is 0 Å². The second-order valence-electron chi connectivity index (χ2n) is 8.87. The minimum absolute atomic E-state index is 0.0122. The maximum Gasteiger partial charge on any atom is 0.261 e. The average molecular weight is 446 g/mol. The Morgan fingerprint density at radius 2 is 1.82 bits per heavy atom. The van der Waals surface area contributed by atoms with E-state index in [1.54, 1.807) is 19.2 Å². The van der Waals surface area contributed by atoms with Gasteiger partial charge in [-0.2, -0.15) is 0 Å². The van der Waals surface area contributed by atoms with Gasteiger partial charge in [0, 0.05) is 43.2 Å². The number of hydrogen-bond donors (Lipinski definition) is 1. The lowest BCUT2D eigenvalue weighted by atomic mass is 9.89. The minimum atomic E-state index is -0.309. The van der Waals surface area contributed by atoms with Gasteiger partial charge in [0.15, 0.2) is 0 Å². The number of hydrogen-bond acceptors (Lipinski definition) is 4. The zero-order valence-electron chi connectivity index (χ0n) is 18.9. The number of carbonyl (C=O) groups excluding carboxylic acids is 3. The van der Waals surface area contributed by atoms with Crippen molar-refractivity contribution in [2.24, 2.45) is 0 Å². The predicted molar refractivity (Wildman–Crippen MR) is 125 cm³/mol. The number of piperidine rings is 1. The molecule has 33 heavy (non-hydrogen) atoms. The van der Waals surface area contributed by atoms with Gasteiger partial charge in [0.05, 0.1) is 18.2 Å². The molecule has 1 saturated heterocycles. The number of nitrogens with one attached hydrogen (secondary N) is 1. The van der Waals surface area contributed by atoms with Crippen LogP contribution < -0.4 is 4.74 Å². The summed E-state index contributed by atoms with van der Waals surface area (Å²) in [7, 11) is 1.67. The van der Waals surface area contributed by atoms with Gasteiger partial charge in [0.1, 0.15) is 5.75 Å². The van der Waals surface area contributed by atoms with Crippen LogP contribution >= 0.6 is 0 Å². The van der Waals surface area contributed by atoms with Gasteiger partial charge in [-0.05, 0) is 61.6 Å². The molecule has 7 nitrogen and oxygen atoms in total.